The monoisotopic (exact) mass is 297 g/mol. The molecule has 0 fully saturated rings. The van der Waals surface area contributed by atoms with Crippen molar-refractivity contribution in [2.24, 2.45) is 0 Å². The van der Waals surface area contributed by atoms with Crippen LogP contribution in [0.3, 0.4) is 0 Å². The number of carbonyl (C=O) groups is 1. The van der Waals surface area contributed by atoms with Crippen LogP contribution in [0.4, 0.5) is 0 Å². The Hall–Kier alpha value is -1.45. The summed E-state index contributed by atoms with van der Waals surface area (Å²) >= 11 is 12.2. The zero-order valence-electron chi connectivity index (χ0n) is 10.5. The molecule has 100 valence electrons. The molecule has 0 unspecified atom stereocenters. The van der Waals surface area contributed by atoms with Crippen molar-refractivity contribution in [3.05, 3.63) is 46.1 Å². The maximum atomic E-state index is 11.2. The van der Waals surface area contributed by atoms with Gasteiger partial charge in [-0.15, -0.1) is 0 Å². The van der Waals surface area contributed by atoms with Crippen LogP contribution in [0.25, 0.3) is 11.3 Å². The second kappa shape index (κ2) is 5.27. The van der Waals surface area contributed by atoms with E-state index in [1.54, 1.807) is 34.9 Å². The first-order valence-electron chi connectivity index (χ1n) is 5.81. The van der Waals surface area contributed by atoms with Gasteiger partial charge in [-0.3, -0.25) is 0 Å². The molecule has 0 saturated heterocycles. The number of hydrogen-bond donors (Lipinski definition) is 1. The Labute approximate surface area is 121 Å². The van der Waals surface area contributed by atoms with E-state index in [1.807, 2.05) is 13.8 Å². The van der Waals surface area contributed by atoms with Gasteiger partial charge in [0.15, 0.2) is 0 Å². The van der Waals surface area contributed by atoms with Crippen LogP contribution in [0.2, 0.25) is 10.0 Å². The lowest BCUT2D eigenvalue weighted by Crippen LogP contribution is -2.11. The molecule has 0 aliphatic carbocycles. The van der Waals surface area contributed by atoms with Crippen molar-refractivity contribution >= 4 is 29.2 Å². The van der Waals surface area contributed by atoms with Gasteiger partial charge in [0.05, 0.1) is 5.69 Å². The molecule has 1 aromatic carbocycles. The van der Waals surface area contributed by atoms with Crippen molar-refractivity contribution in [1.29, 1.82) is 0 Å². The Morgan fingerprint density at radius 1 is 1.21 bits per heavy atom. The summed E-state index contributed by atoms with van der Waals surface area (Å²) in [6, 6.07) is 8.48. The van der Waals surface area contributed by atoms with E-state index in [-0.39, 0.29) is 11.7 Å². The van der Waals surface area contributed by atoms with Crippen LogP contribution in [-0.4, -0.2) is 15.6 Å². The van der Waals surface area contributed by atoms with Gasteiger partial charge in [0.25, 0.3) is 0 Å². The zero-order valence-corrected chi connectivity index (χ0v) is 12.0. The molecule has 0 atom stereocenters. The van der Waals surface area contributed by atoms with Crippen LogP contribution >= 0.6 is 23.2 Å². The van der Waals surface area contributed by atoms with E-state index in [0.717, 1.165) is 11.3 Å². The summed E-state index contributed by atoms with van der Waals surface area (Å²) in [4.78, 5) is 11.2. The van der Waals surface area contributed by atoms with Gasteiger partial charge in [-0.1, -0.05) is 23.2 Å². The average Bonchev–Trinajstić information content (AvgIpc) is 2.76. The lowest BCUT2D eigenvalue weighted by molar-refractivity contribution is 0.0683. The average molecular weight is 298 g/mol. The molecule has 2 rings (SSSR count). The fraction of sp³-hybridized carbons (Fsp3) is 0.214. The molecule has 2 aromatic rings. The van der Waals surface area contributed by atoms with E-state index >= 15 is 0 Å². The Morgan fingerprint density at radius 2 is 1.89 bits per heavy atom. The predicted octanol–water partition coefficient (Wildman–Crippen LogP) is 4.74. The molecule has 0 saturated carbocycles. The first-order valence-corrected chi connectivity index (χ1v) is 6.57. The summed E-state index contributed by atoms with van der Waals surface area (Å²) < 4.78 is 1.74. The van der Waals surface area contributed by atoms with Gasteiger partial charge in [0.1, 0.15) is 5.69 Å². The van der Waals surface area contributed by atoms with E-state index in [0.29, 0.717) is 10.0 Å². The Bertz CT molecular complexity index is 632. The highest BCUT2D eigenvalue weighted by molar-refractivity contribution is 6.35. The molecular formula is C14H13Cl2NO2. The summed E-state index contributed by atoms with van der Waals surface area (Å²) in [6.45, 7) is 3.85. The molecule has 1 heterocycles. The molecule has 19 heavy (non-hydrogen) atoms. The molecule has 0 amide bonds. The van der Waals surface area contributed by atoms with Crippen LogP contribution in [0.5, 0.6) is 0 Å². The normalized spacial score (nSPS) is 11.0. The maximum Gasteiger partial charge on any atom is 0.352 e. The second-order valence-corrected chi connectivity index (χ2v) is 5.34. The van der Waals surface area contributed by atoms with Gasteiger partial charge in [0.2, 0.25) is 0 Å². The van der Waals surface area contributed by atoms with Crippen molar-refractivity contribution in [3.8, 4) is 11.3 Å². The SMILES string of the molecule is CC(C)n1c(C(=O)O)ccc1-c1cc(Cl)ccc1Cl. The molecule has 3 nitrogen and oxygen atoms in total. The van der Waals surface area contributed by atoms with Crippen LogP contribution in [0, 0.1) is 0 Å². The maximum absolute atomic E-state index is 11.2. The van der Waals surface area contributed by atoms with Crippen LogP contribution in [0.1, 0.15) is 30.4 Å². The van der Waals surface area contributed by atoms with Gasteiger partial charge in [-0.05, 0) is 44.2 Å². The molecule has 0 aliphatic rings. The minimum absolute atomic E-state index is 0.00569. The molecule has 1 N–H and O–H groups in total. The van der Waals surface area contributed by atoms with Crippen molar-refractivity contribution < 1.29 is 9.90 Å². The molecule has 0 bridgehead atoms. The van der Waals surface area contributed by atoms with E-state index in [4.69, 9.17) is 23.2 Å². The third-order valence-electron chi connectivity index (χ3n) is 2.86. The van der Waals surface area contributed by atoms with E-state index in [9.17, 15) is 9.90 Å². The number of carboxylic acids is 1. The highest BCUT2D eigenvalue weighted by atomic mass is 35.5. The fourth-order valence-electron chi connectivity index (χ4n) is 2.09. The van der Waals surface area contributed by atoms with Gasteiger partial charge in [-0.2, -0.15) is 0 Å². The molecule has 0 spiro atoms. The van der Waals surface area contributed by atoms with Crippen molar-refractivity contribution in [1.82, 2.24) is 4.57 Å². The number of aromatic nitrogens is 1. The number of halogens is 2. The summed E-state index contributed by atoms with van der Waals surface area (Å²) in [5.74, 6) is -0.960. The quantitative estimate of drug-likeness (QED) is 0.889. The van der Waals surface area contributed by atoms with Gasteiger partial charge >= 0.3 is 5.97 Å². The van der Waals surface area contributed by atoms with Crippen molar-refractivity contribution in [2.75, 3.05) is 0 Å². The Morgan fingerprint density at radius 3 is 2.47 bits per heavy atom. The molecular weight excluding hydrogens is 285 g/mol. The lowest BCUT2D eigenvalue weighted by Gasteiger charge is -2.16. The number of nitrogens with zero attached hydrogens (tertiary/aromatic N) is 1. The summed E-state index contributed by atoms with van der Waals surface area (Å²) in [6.07, 6.45) is 0. The number of aromatic carboxylic acids is 1. The molecule has 0 aliphatic heterocycles. The topological polar surface area (TPSA) is 42.2 Å². The van der Waals surface area contributed by atoms with E-state index in [1.165, 1.54) is 0 Å². The third-order valence-corrected chi connectivity index (χ3v) is 3.42. The smallest absolute Gasteiger partial charge is 0.352 e. The predicted molar refractivity (Wildman–Crippen MR) is 77.2 cm³/mol. The van der Waals surface area contributed by atoms with Gasteiger partial charge in [-0.25, -0.2) is 4.79 Å². The minimum Gasteiger partial charge on any atom is -0.477 e. The standard InChI is InChI=1S/C14H13Cl2NO2/c1-8(2)17-12(5-6-13(17)14(18)19)10-7-9(15)3-4-11(10)16/h3-8H,1-2H3,(H,18,19). The Balaban J connectivity index is 2.69. The number of rotatable bonds is 3. The largest absolute Gasteiger partial charge is 0.477 e. The molecule has 5 heteroatoms. The van der Waals surface area contributed by atoms with Crippen molar-refractivity contribution in [3.63, 3.8) is 0 Å². The first kappa shape index (κ1) is 14.0. The fourth-order valence-corrected chi connectivity index (χ4v) is 2.48. The number of carboxylic acid groups (broad SMARTS) is 1. The number of hydrogen-bond acceptors (Lipinski definition) is 1. The summed E-state index contributed by atoms with van der Waals surface area (Å²) in [5.41, 5.74) is 1.72. The van der Waals surface area contributed by atoms with Crippen molar-refractivity contribution in [2.45, 2.75) is 19.9 Å². The van der Waals surface area contributed by atoms with E-state index < -0.39 is 5.97 Å². The van der Waals surface area contributed by atoms with Gasteiger partial charge in [0, 0.05) is 21.7 Å². The Kier molecular flexibility index (Phi) is 3.88. The van der Waals surface area contributed by atoms with E-state index in [2.05, 4.69) is 0 Å². The number of benzene rings is 1. The second-order valence-electron chi connectivity index (χ2n) is 4.50. The molecule has 1 aromatic heterocycles. The highest BCUT2D eigenvalue weighted by Crippen LogP contribution is 2.33. The van der Waals surface area contributed by atoms with Crippen LogP contribution in [0.15, 0.2) is 30.3 Å². The van der Waals surface area contributed by atoms with Crippen LogP contribution in [-0.2, 0) is 0 Å². The summed E-state index contributed by atoms with van der Waals surface area (Å²) in [5, 5.41) is 10.3. The van der Waals surface area contributed by atoms with Gasteiger partial charge < -0.3 is 9.67 Å². The molecule has 0 radical (unpaired) electrons. The van der Waals surface area contributed by atoms with Crippen LogP contribution < -0.4 is 0 Å². The third kappa shape index (κ3) is 2.62. The highest BCUT2D eigenvalue weighted by Gasteiger charge is 2.18. The lowest BCUT2D eigenvalue weighted by atomic mass is 10.1. The minimum atomic E-state index is -0.960. The first-order chi connectivity index (χ1) is 8.91. The summed E-state index contributed by atoms with van der Waals surface area (Å²) in [7, 11) is 0. The zero-order chi connectivity index (χ0) is 14.2.